The molecule has 0 fully saturated rings. The molecule has 0 radical (unpaired) electrons. The molecule has 0 unspecified atom stereocenters. The first-order valence-corrected chi connectivity index (χ1v) is 16.3. The number of amides is 2. The summed E-state index contributed by atoms with van der Waals surface area (Å²) in [6.07, 6.45) is 4.76. The molecule has 4 atom stereocenters. The molecule has 1 heterocycles. The summed E-state index contributed by atoms with van der Waals surface area (Å²) in [7, 11) is 1.81. The van der Waals surface area contributed by atoms with Crippen molar-refractivity contribution in [2.24, 2.45) is 18.9 Å². The molecular weight excluding hydrogens is 602 g/mol. The molecule has 0 saturated carbocycles. The van der Waals surface area contributed by atoms with E-state index in [4.69, 9.17) is 5.11 Å². The van der Waals surface area contributed by atoms with E-state index in [0.29, 0.717) is 30.1 Å². The maximum absolute atomic E-state index is 13.5. The Morgan fingerprint density at radius 1 is 0.933 bits per heavy atom. The van der Waals surface area contributed by atoms with Gasteiger partial charge in [-0.3, -0.25) is 24.5 Å². The third-order valence-corrected chi connectivity index (χ3v) is 7.98. The highest BCUT2D eigenvalue weighted by Gasteiger charge is 2.30. The van der Waals surface area contributed by atoms with E-state index in [1.165, 1.54) is 11.8 Å². The minimum absolute atomic E-state index is 0.163. The second kappa shape index (κ2) is 18.8. The Bertz CT molecular complexity index is 1290. The van der Waals surface area contributed by atoms with Gasteiger partial charge in [-0.15, -0.1) is 0 Å². The maximum atomic E-state index is 13.5. The summed E-state index contributed by atoms with van der Waals surface area (Å²) in [4.78, 5) is 65.5. The van der Waals surface area contributed by atoms with Gasteiger partial charge in [0.25, 0.3) is 0 Å². The van der Waals surface area contributed by atoms with Crippen molar-refractivity contribution in [3.63, 3.8) is 0 Å². The molecule has 1 aromatic heterocycles. The molecule has 2 aromatic rings. The van der Waals surface area contributed by atoms with Crippen molar-refractivity contribution < 1.29 is 39.3 Å². The number of aryl methyl sites for hydroxylation is 2. The predicted molar refractivity (Wildman–Crippen MR) is 170 cm³/mol. The highest BCUT2D eigenvalue weighted by Crippen LogP contribution is 2.15. The van der Waals surface area contributed by atoms with Gasteiger partial charge in [-0.25, -0.2) is 9.78 Å². The predicted octanol–water partition coefficient (Wildman–Crippen LogP) is 2.08. The van der Waals surface area contributed by atoms with Crippen LogP contribution in [0.4, 0.5) is 0 Å². The van der Waals surface area contributed by atoms with Gasteiger partial charge >= 0.3 is 17.9 Å². The Balaban J connectivity index is 2.09. The largest absolute Gasteiger partial charge is 0.481 e. The van der Waals surface area contributed by atoms with Crippen molar-refractivity contribution in [3.8, 4) is 0 Å². The molecule has 1 aromatic carbocycles. The summed E-state index contributed by atoms with van der Waals surface area (Å²) in [6, 6.07) is 6.38. The van der Waals surface area contributed by atoms with Crippen LogP contribution in [0.15, 0.2) is 36.5 Å². The highest BCUT2D eigenvalue weighted by atomic mass is 32.2. The molecule has 0 aliphatic heterocycles. The van der Waals surface area contributed by atoms with Crippen LogP contribution in [0.1, 0.15) is 56.6 Å². The molecule has 6 N–H and O–H groups in total. The average molecular weight is 648 g/mol. The lowest BCUT2D eigenvalue weighted by Crippen LogP contribution is -2.56. The van der Waals surface area contributed by atoms with Crippen LogP contribution < -0.4 is 16.0 Å². The fraction of sp³-hybridized carbons (Fsp3) is 0.548. The number of rotatable bonds is 21. The van der Waals surface area contributed by atoms with Crippen molar-refractivity contribution in [2.45, 2.75) is 77.0 Å². The van der Waals surface area contributed by atoms with Crippen LogP contribution in [0.2, 0.25) is 0 Å². The normalized spacial score (nSPS) is 13.9. The Labute approximate surface area is 267 Å². The maximum Gasteiger partial charge on any atom is 0.326 e. The van der Waals surface area contributed by atoms with E-state index in [9.17, 15) is 34.2 Å². The van der Waals surface area contributed by atoms with Gasteiger partial charge in [0.05, 0.1) is 24.1 Å². The number of hydrogen-bond acceptors (Lipinski definition) is 8. The van der Waals surface area contributed by atoms with Crippen molar-refractivity contribution >= 4 is 41.5 Å². The number of hydrogen-bond donors (Lipinski definition) is 6. The number of carboxylic acids is 3. The van der Waals surface area contributed by atoms with Gasteiger partial charge in [0.1, 0.15) is 17.9 Å². The van der Waals surface area contributed by atoms with E-state index in [-0.39, 0.29) is 31.7 Å². The fourth-order valence-electron chi connectivity index (χ4n) is 4.85. The molecule has 0 aliphatic rings. The van der Waals surface area contributed by atoms with Gasteiger partial charge in [-0.1, -0.05) is 44.2 Å². The number of aliphatic carboxylic acids is 3. The van der Waals surface area contributed by atoms with Gasteiger partial charge in [0.15, 0.2) is 0 Å². The van der Waals surface area contributed by atoms with Crippen LogP contribution in [0.5, 0.6) is 0 Å². The third kappa shape index (κ3) is 12.9. The van der Waals surface area contributed by atoms with Crippen LogP contribution in [-0.2, 0) is 50.4 Å². The number of benzene rings is 1. The molecule has 0 bridgehead atoms. The molecule has 248 valence electrons. The Morgan fingerprint density at radius 3 is 2.18 bits per heavy atom. The second-order valence-electron chi connectivity index (χ2n) is 11.3. The van der Waals surface area contributed by atoms with Crippen molar-refractivity contribution in [1.29, 1.82) is 0 Å². The Kier molecular flexibility index (Phi) is 15.6. The van der Waals surface area contributed by atoms with E-state index in [1.54, 1.807) is 13.2 Å². The van der Waals surface area contributed by atoms with Crippen LogP contribution in [0.3, 0.4) is 0 Å². The van der Waals surface area contributed by atoms with E-state index in [0.717, 1.165) is 5.56 Å². The lowest BCUT2D eigenvalue weighted by Gasteiger charge is -2.26. The Morgan fingerprint density at radius 2 is 1.60 bits per heavy atom. The summed E-state index contributed by atoms with van der Waals surface area (Å²) < 4.78 is 1.81. The number of thioether (sulfide) groups is 1. The monoisotopic (exact) mass is 647 g/mol. The molecule has 0 saturated heterocycles. The average Bonchev–Trinajstić information content (AvgIpc) is 3.32. The topological polar surface area (TPSA) is 200 Å². The Hall–Kier alpha value is -3.91. The second-order valence-corrected chi connectivity index (χ2v) is 12.3. The van der Waals surface area contributed by atoms with Crippen LogP contribution in [-0.4, -0.2) is 84.7 Å². The molecule has 2 amide bonds. The first-order valence-electron chi connectivity index (χ1n) is 14.9. The fourth-order valence-corrected chi connectivity index (χ4v) is 5.32. The number of carboxylic acid groups (broad SMARTS) is 3. The summed E-state index contributed by atoms with van der Waals surface area (Å²) in [5.74, 6) is -4.30. The van der Waals surface area contributed by atoms with E-state index < -0.39 is 60.2 Å². The van der Waals surface area contributed by atoms with Gasteiger partial charge < -0.3 is 30.5 Å². The van der Waals surface area contributed by atoms with Gasteiger partial charge in [0, 0.05) is 32.6 Å². The van der Waals surface area contributed by atoms with Crippen molar-refractivity contribution in [2.75, 3.05) is 12.0 Å². The van der Waals surface area contributed by atoms with Gasteiger partial charge in [-0.2, -0.15) is 11.8 Å². The number of imidazole rings is 1. The first-order chi connectivity index (χ1) is 21.3. The minimum atomic E-state index is -1.15. The first kappa shape index (κ1) is 37.3. The minimum Gasteiger partial charge on any atom is -0.481 e. The van der Waals surface area contributed by atoms with E-state index in [1.807, 2.05) is 55.0 Å². The van der Waals surface area contributed by atoms with Crippen LogP contribution >= 0.6 is 11.8 Å². The number of nitrogens with zero attached hydrogens (tertiary/aromatic N) is 2. The van der Waals surface area contributed by atoms with Crippen LogP contribution in [0.25, 0.3) is 0 Å². The summed E-state index contributed by atoms with van der Waals surface area (Å²) in [5.41, 5.74) is 1.46. The van der Waals surface area contributed by atoms with E-state index >= 15 is 0 Å². The molecule has 0 aliphatic carbocycles. The molecule has 13 nitrogen and oxygen atoms in total. The highest BCUT2D eigenvalue weighted by molar-refractivity contribution is 7.98. The van der Waals surface area contributed by atoms with E-state index in [2.05, 4.69) is 20.9 Å². The smallest absolute Gasteiger partial charge is 0.326 e. The zero-order valence-corrected chi connectivity index (χ0v) is 27.0. The standard InChI is InChI=1S/C31H45N5O8S/c1-19(2)27(32-17-22-18-36(3)25(33-22)12-8-11-21(30(41)42)16-26(37)38)29(40)35-24(15-20-9-6-5-7-10-20)28(39)34-23(31(43)44)13-14-45-4/h5-7,9-10,18-19,21,23-24,27,32H,8,11-17H2,1-4H3,(H,34,39)(H,35,40)(H,37,38)(H,41,42)(H,43,44)/t21-,23-,24-,27-/m0/s1. The molecule has 2 rings (SSSR count). The molecule has 45 heavy (non-hydrogen) atoms. The lowest BCUT2D eigenvalue weighted by atomic mass is 9.98. The summed E-state index contributed by atoms with van der Waals surface area (Å²) >= 11 is 1.48. The number of nitrogens with one attached hydrogen (secondary N) is 3. The summed E-state index contributed by atoms with van der Waals surface area (Å²) in [5, 5.41) is 36.5. The summed E-state index contributed by atoms with van der Waals surface area (Å²) in [6.45, 7) is 3.98. The zero-order valence-electron chi connectivity index (χ0n) is 26.2. The molecule has 0 spiro atoms. The van der Waals surface area contributed by atoms with Crippen molar-refractivity contribution in [3.05, 3.63) is 53.6 Å². The molecule has 14 heteroatoms. The number of aromatic nitrogens is 2. The quantitative estimate of drug-likeness (QED) is 0.116. The third-order valence-electron chi connectivity index (χ3n) is 7.34. The molecular formula is C31H45N5O8S. The zero-order chi connectivity index (χ0) is 33.5. The van der Waals surface area contributed by atoms with Crippen molar-refractivity contribution in [1.82, 2.24) is 25.5 Å². The van der Waals surface area contributed by atoms with Gasteiger partial charge in [-0.05, 0) is 42.8 Å². The SMILES string of the molecule is CSCC[C@H](NC(=O)[C@H](Cc1ccccc1)NC(=O)[C@@H](NCc1cn(C)c(CCC[C@@H](CC(=O)O)C(=O)O)n1)C(C)C)C(=O)O. The lowest BCUT2D eigenvalue weighted by molar-refractivity contribution is -0.148. The number of carbonyl (C=O) groups excluding carboxylic acids is 2. The van der Waals surface area contributed by atoms with Crippen LogP contribution in [0, 0.1) is 11.8 Å². The number of carbonyl (C=O) groups is 5. The van der Waals surface area contributed by atoms with Gasteiger partial charge in [0.2, 0.25) is 11.8 Å².